The number of amidine groups is 1. The van der Waals surface area contributed by atoms with Crippen LogP contribution in [0.4, 0.5) is 10.1 Å². The van der Waals surface area contributed by atoms with Crippen molar-refractivity contribution in [1.29, 1.82) is 0 Å². The third-order valence-corrected chi connectivity index (χ3v) is 7.75. The van der Waals surface area contributed by atoms with Crippen molar-refractivity contribution in [3.05, 3.63) is 65.0 Å². The van der Waals surface area contributed by atoms with Gasteiger partial charge in [-0.25, -0.2) is 12.8 Å². The van der Waals surface area contributed by atoms with E-state index in [1.165, 1.54) is 12.1 Å². The molecule has 7 heteroatoms. The predicted molar refractivity (Wildman–Crippen MR) is 110 cm³/mol. The van der Waals surface area contributed by atoms with Crippen molar-refractivity contribution in [3.8, 4) is 0 Å². The number of rotatable bonds is 3. The van der Waals surface area contributed by atoms with Crippen molar-refractivity contribution in [2.75, 3.05) is 16.4 Å². The van der Waals surface area contributed by atoms with Crippen molar-refractivity contribution >= 4 is 32.5 Å². The molecule has 0 unspecified atom stereocenters. The predicted octanol–water partition coefficient (Wildman–Crippen LogP) is 3.72. The molecule has 2 aliphatic rings. The highest BCUT2D eigenvalue weighted by Gasteiger charge is 2.47. The zero-order valence-corrected chi connectivity index (χ0v) is 16.9. The van der Waals surface area contributed by atoms with Crippen LogP contribution in [0, 0.1) is 19.7 Å². The minimum atomic E-state index is -3.06. The highest BCUT2D eigenvalue weighted by Crippen LogP contribution is 2.37. The molecule has 2 aromatic rings. The summed E-state index contributed by atoms with van der Waals surface area (Å²) in [5.41, 5.74) is 4.25. The van der Waals surface area contributed by atoms with Gasteiger partial charge in [0.15, 0.2) is 15.0 Å². The van der Waals surface area contributed by atoms with Crippen LogP contribution in [-0.4, -0.2) is 37.2 Å². The third kappa shape index (κ3) is 3.75. The molecular formula is C20H21FN2O2S2. The van der Waals surface area contributed by atoms with Crippen LogP contribution in [-0.2, 0) is 15.6 Å². The Morgan fingerprint density at radius 2 is 1.89 bits per heavy atom. The van der Waals surface area contributed by atoms with Crippen LogP contribution in [0.15, 0.2) is 47.5 Å². The van der Waals surface area contributed by atoms with Crippen LogP contribution in [0.3, 0.4) is 0 Å². The van der Waals surface area contributed by atoms with Crippen molar-refractivity contribution in [3.63, 3.8) is 0 Å². The van der Waals surface area contributed by atoms with E-state index in [4.69, 9.17) is 4.99 Å². The number of aliphatic imine (C=N–C) groups is 1. The van der Waals surface area contributed by atoms with E-state index in [9.17, 15) is 12.8 Å². The van der Waals surface area contributed by atoms with Gasteiger partial charge in [0.05, 0.1) is 23.6 Å². The first-order valence-electron chi connectivity index (χ1n) is 8.84. The molecule has 2 aliphatic heterocycles. The summed E-state index contributed by atoms with van der Waals surface area (Å²) in [5, 5.41) is 0.845. The van der Waals surface area contributed by atoms with Crippen molar-refractivity contribution < 1.29 is 12.8 Å². The fourth-order valence-electron chi connectivity index (χ4n) is 3.62. The van der Waals surface area contributed by atoms with Crippen LogP contribution in [0.5, 0.6) is 0 Å². The van der Waals surface area contributed by atoms with E-state index in [0.717, 1.165) is 27.5 Å². The Balaban J connectivity index is 1.65. The number of hydrogen-bond donors (Lipinski definition) is 0. The molecule has 0 spiro atoms. The molecule has 0 N–H and O–H groups in total. The lowest BCUT2D eigenvalue weighted by atomic mass is 10.1. The topological polar surface area (TPSA) is 49.7 Å². The maximum absolute atomic E-state index is 13.1. The van der Waals surface area contributed by atoms with Crippen molar-refractivity contribution in [2.45, 2.75) is 31.7 Å². The zero-order valence-electron chi connectivity index (χ0n) is 15.2. The molecule has 4 nitrogen and oxygen atoms in total. The van der Waals surface area contributed by atoms with Crippen LogP contribution in [0.25, 0.3) is 0 Å². The molecule has 0 amide bonds. The summed E-state index contributed by atoms with van der Waals surface area (Å²) in [6, 6.07) is 12.3. The molecular weight excluding hydrogens is 383 g/mol. The number of nitrogens with zero attached hydrogens (tertiary/aromatic N) is 2. The van der Waals surface area contributed by atoms with E-state index in [0.29, 0.717) is 5.75 Å². The first-order chi connectivity index (χ1) is 12.8. The summed E-state index contributed by atoms with van der Waals surface area (Å²) in [7, 11) is -3.06. The maximum atomic E-state index is 13.1. The van der Waals surface area contributed by atoms with E-state index in [1.807, 2.05) is 13.8 Å². The number of aryl methyl sites for hydroxylation is 2. The highest BCUT2D eigenvalue weighted by atomic mass is 32.2. The lowest BCUT2D eigenvalue weighted by Crippen LogP contribution is -2.39. The first-order valence-corrected chi connectivity index (χ1v) is 11.6. The Morgan fingerprint density at radius 3 is 2.63 bits per heavy atom. The third-order valence-electron chi connectivity index (χ3n) is 5.01. The molecule has 2 aromatic carbocycles. The molecule has 2 heterocycles. The molecule has 0 bridgehead atoms. The van der Waals surface area contributed by atoms with Crippen molar-refractivity contribution in [1.82, 2.24) is 0 Å². The average molecular weight is 405 g/mol. The second-order valence-electron chi connectivity index (χ2n) is 7.20. The molecule has 142 valence electrons. The van der Waals surface area contributed by atoms with Gasteiger partial charge in [0.25, 0.3) is 0 Å². The molecule has 0 aliphatic carbocycles. The number of benzene rings is 2. The van der Waals surface area contributed by atoms with E-state index >= 15 is 0 Å². The fourth-order valence-corrected chi connectivity index (χ4v) is 6.54. The Morgan fingerprint density at radius 1 is 1.15 bits per heavy atom. The summed E-state index contributed by atoms with van der Waals surface area (Å²) in [4.78, 5) is 6.86. The van der Waals surface area contributed by atoms with Gasteiger partial charge in [-0.2, -0.15) is 0 Å². The normalized spacial score (nSPS) is 23.4. The monoisotopic (exact) mass is 404 g/mol. The summed E-state index contributed by atoms with van der Waals surface area (Å²) in [6.45, 7) is 4.07. The summed E-state index contributed by atoms with van der Waals surface area (Å²) in [5.74, 6) is 0.653. The molecule has 0 radical (unpaired) electrons. The standard InChI is InChI=1S/C20H21FN2O2S2/c1-13-3-4-14(2)18(9-13)23-19-12-27(24,25)11-17(19)22-20(23)26-10-15-5-7-16(21)8-6-15/h3-9,17,19H,10-12H2,1-2H3/t17-,19-/m0/s1. The molecule has 27 heavy (non-hydrogen) atoms. The second-order valence-corrected chi connectivity index (χ2v) is 10.3. The van der Waals surface area contributed by atoms with Gasteiger partial charge >= 0.3 is 0 Å². The van der Waals surface area contributed by atoms with E-state index in [2.05, 4.69) is 23.1 Å². The van der Waals surface area contributed by atoms with Gasteiger partial charge in [-0.1, -0.05) is 36.0 Å². The molecule has 4 rings (SSSR count). The highest BCUT2D eigenvalue weighted by molar-refractivity contribution is 8.13. The summed E-state index contributed by atoms with van der Waals surface area (Å²) < 4.78 is 37.4. The van der Waals surface area contributed by atoms with E-state index < -0.39 is 9.84 Å². The smallest absolute Gasteiger partial charge is 0.164 e. The Bertz CT molecular complexity index is 1000. The Hall–Kier alpha value is -1.86. The van der Waals surface area contributed by atoms with Gasteiger partial charge in [-0.3, -0.25) is 4.99 Å². The number of sulfone groups is 1. The number of hydrogen-bond acceptors (Lipinski definition) is 5. The summed E-state index contributed by atoms with van der Waals surface area (Å²) in [6.07, 6.45) is 0. The van der Waals surface area contributed by atoms with Gasteiger partial charge in [0.2, 0.25) is 0 Å². The Kier molecular flexibility index (Phi) is 4.76. The first kappa shape index (κ1) is 18.5. The summed E-state index contributed by atoms with van der Waals surface area (Å²) >= 11 is 1.58. The van der Waals surface area contributed by atoms with E-state index in [-0.39, 0.29) is 29.4 Å². The molecule has 1 fully saturated rings. The number of anilines is 1. The van der Waals surface area contributed by atoms with Gasteiger partial charge < -0.3 is 4.90 Å². The fraction of sp³-hybridized carbons (Fsp3) is 0.350. The van der Waals surface area contributed by atoms with Crippen LogP contribution in [0.1, 0.15) is 16.7 Å². The molecule has 0 saturated carbocycles. The van der Waals surface area contributed by atoms with E-state index in [1.54, 1.807) is 23.9 Å². The van der Waals surface area contributed by atoms with Gasteiger partial charge in [-0.15, -0.1) is 0 Å². The minimum Gasteiger partial charge on any atom is -0.315 e. The molecule has 2 atom stereocenters. The average Bonchev–Trinajstić information content (AvgIpc) is 3.08. The lowest BCUT2D eigenvalue weighted by molar-refractivity contribution is 0.601. The molecule has 1 saturated heterocycles. The zero-order chi connectivity index (χ0) is 19.2. The van der Waals surface area contributed by atoms with Crippen LogP contribution >= 0.6 is 11.8 Å². The van der Waals surface area contributed by atoms with Crippen LogP contribution in [0.2, 0.25) is 0 Å². The van der Waals surface area contributed by atoms with Gasteiger partial charge in [0, 0.05) is 11.4 Å². The van der Waals surface area contributed by atoms with Gasteiger partial charge in [-0.05, 0) is 48.7 Å². The second kappa shape index (κ2) is 6.95. The number of thioether (sulfide) groups is 1. The number of fused-ring (bicyclic) bond motifs is 1. The van der Waals surface area contributed by atoms with Crippen LogP contribution < -0.4 is 4.90 Å². The largest absolute Gasteiger partial charge is 0.315 e. The van der Waals surface area contributed by atoms with Crippen molar-refractivity contribution in [2.24, 2.45) is 4.99 Å². The number of halogens is 1. The maximum Gasteiger partial charge on any atom is 0.164 e. The Labute approximate surface area is 163 Å². The lowest BCUT2D eigenvalue weighted by Gasteiger charge is -2.28. The minimum absolute atomic E-state index is 0.111. The SMILES string of the molecule is Cc1ccc(C)c(N2C(SCc3ccc(F)cc3)=N[C@H]3CS(=O)(=O)C[C@@H]32)c1. The quantitative estimate of drug-likeness (QED) is 0.782. The van der Waals surface area contributed by atoms with Gasteiger partial charge in [0.1, 0.15) is 5.82 Å². The molecule has 0 aromatic heterocycles.